The predicted molar refractivity (Wildman–Crippen MR) is 115 cm³/mol. The first-order chi connectivity index (χ1) is 12.8. The van der Waals surface area contributed by atoms with Crippen molar-refractivity contribution in [1.29, 1.82) is 0 Å². The van der Waals surface area contributed by atoms with E-state index < -0.39 is 11.9 Å². The number of nitrogens with zero attached hydrogens (tertiary/aromatic N) is 1. The number of carboxylic acid groups (broad SMARTS) is 1. The fourth-order valence-electron chi connectivity index (χ4n) is 3.50. The highest BCUT2D eigenvalue weighted by Crippen LogP contribution is 2.32. The summed E-state index contributed by atoms with van der Waals surface area (Å²) in [6.45, 7) is 6.65. The third-order valence-corrected chi connectivity index (χ3v) is 6.20. The van der Waals surface area contributed by atoms with Crippen LogP contribution in [0.5, 0.6) is 0 Å². The summed E-state index contributed by atoms with van der Waals surface area (Å²) in [7, 11) is 0. The van der Waals surface area contributed by atoms with Gasteiger partial charge < -0.3 is 9.67 Å². The summed E-state index contributed by atoms with van der Waals surface area (Å²) in [5.74, 6) is -1.11. The lowest BCUT2D eigenvalue weighted by Gasteiger charge is -2.16. The molecule has 2 aromatic carbocycles. The van der Waals surface area contributed by atoms with Crippen LogP contribution in [0.1, 0.15) is 30.7 Å². The van der Waals surface area contributed by atoms with E-state index in [0.29, 0.717) is 11.4 Å². The fraction of sp³-hybridized carbons (Fsp3) is 0.318. The van der Waals surface area contributed by atoms with Crippen LogP contribution in [0.3, 0.4) is 0 Å². The topological polar surface area (TPSA) is 42.2 Å². The van der Waals surface area contributed by atoms with E-state index in [1.54, 1.807) is 6.92 Å². The second-order valence-electron chi connectivity index (χ2n) is 7.25. The lowest BCUT2D eigenvalue weighted by atomic mass is 9.89. The standard InChI is InChI=1S/C22H23BrClNO2/c1-13(14(2)22(26)27)10-19-15(3)25(12-16-4-6-17(23)7-5-16)21-9-8-18(24)11-20(19)21/h4-9,11,13-14H,10,12H2,1-3H3,(H,26,27)/t13-,14-/m1/s1. The minimum Gasteiger partial charge on any atom is -0.481 e. The van der Waals surface area contributed by atoms with Crippen LogP contribution in [0.2, 0.25) is 5.02 Å². The predicted octanol–water partition coefficient (Wildman–Crippen LogP) is 6.31. The van der Waals surface area contributed by atoms with E-state index in [1.165, 1.54) is 16.8 Å². The van der Waals surface area contributed by atoms with Crippen molar-refractivity contribution >= 4 is 44.4 Å². The van der Waals surface area contributed by atoms with Crippen LogP contribution in [-0.4, -0.2) is 15.6 Å². The fourth-order valence-corrected chi connectivity index (χ4v) is 3.94. The molecule has 3 aromatic rings. The highest BCUT2D eigenvalue weighted by atomic mass is 79.9. The van der Waals surface area contributed by atoms with E-state index in [0.717, 1.165) is 21.9 Å². The van der Waals surface area contributed by atoms with Crippen LogP contribution in [0.25, 0.3) is 10.9 Å². The number of benzene rings is 2. The van der Waals surface area contributed by atoms with E-state index in [-0.39, 0.29) is 5.92 Å². The molecule has 1 heterocycles. The van der Waals surface area contributed by atoms with E-state index in [4.69, 9.17) is 11.6 Å². The molecule has 3 nitrogen and oxygen atoms in total. The van der Waals surface area contributed by atoms with Crippen LogP contribution in [0, 0.1) is 18.8 Å². The summed E-state index contributed by atoms with van der Waals surface area (Å²) < 4.78 is 3.35. The Bertz CT molecular complexity index is 978. The van der Waals surface area contributed by atoms with E-state index >= 15 is 0 Å². The van der Waals surface area contributed by atoms with Crippen molar-refractivity contribution in [1.82, 2.24) is 4.57 Å². The molecule has 0 saturated heterocycles. The van der Waals surface area contributed by atoms with Gasteiger partial charge in [-0.05, 0) is 60.7 Å². The smallest absolute Gasteiger partial charge is 0.306 e. The summed E-state index contributed by atoms with van der Waals surface area (Å²) in [6, 6.07) is 14.3. The van der Waals surface area contributed by atoms with Crippen molar-refractivity contribution in [2.45, 2.75) is 33.7 Å². The van der Waals surface area contributed by atoms with Crippen LogP contribution in [0.4, 0.5) is 0 Å². The molecule has 0 amide bonds. The first kappa shape index (κ1) is 20.0. The van der Waals surface area contributed by atoms with Crippen LogP contribution in [0.15, 0.2) is 46.9 Å². The number of aliphatic carboxylic acids is 1. The Hall–Kier alpha value is -1.78. The number of aromatic nitrogens is 1. The second kappa shape index (κ2) is 8.07. The van der Waals surface area contributed by atoms with Gasteiger partial charge in [0.1, 0.15) is 0 Å². The Labute approximate surface area is 173 Å². The third-order valence-electron chi connectivity index (χ3n) is 5.44. The van der Waals surface area contributed by atoms with Crippen LogP contribution < -0.4 is 0 Å². The van der Waals surface area contributed by atoms with Gasteiger partial charge in [-0.2, -0.15) is 0 Å². The summed E-state index contributed by atoms with van der Waals surface area (Å²) in [5.41, 5.74) is 4.70. The minimum atomic E-state index is -0.753. The molecule has 0 aliphatic carbocycles. The first-order valence-corrected chi connectivity index (χ1v) is 10.2. The average molecular weight is 449 g/mol. The number of rotatable bonds is 6. The minimum absolute atomic E-state index is 0.0342. The molecule has 0 unspecified atom stereocenters. The zero-order valence-corrected chi connectivity index (χ0v) is 18.0. The zero-order valence-electron chi connectivity index (χ0n) is 15.7. The quantitative estimate of drug-likeness (QED) is 0.480. The molecule has 27 heavy (non-hydrogen) atoms. The van der Waals surface area contributed by atoms with Gasteiger partial charge in [0, 0.05) is 32.6 Å². The zero-order chi connectivity index (χ0) is 19.7. The molecule has 0 radical (unpaired) electrons. The number of halogens is 2. The van der Waals surface area contributed by atoms with E-state index in [9.17, 15) is 9.90 Å². The normalized spacial score (nSPS) is 13.7. The maximum absolute atomic E-state index is 11.4. The van der Waals surface area contributed by atoms with Crippen molar-refractivity contribution < 1.29 is 9.90 Å². The lowest BCUT2D eigenvalue weighted by Crippen LogP contribution is -2.20. The van der Waals surface area contributed by atoms with Gasteiger partial charge >= 0.3 is 5.97 Å². The van der Waals surface area contributed by atoms with Gasteiger partial charge in [0.05, 0.1) is 5.92 Å². The molecule has 0 aliphatic heterocycles. The molecule has 0 spiro atoms. The van der Waals surface area contributed by atoms with Gasteiger partial charge in [-0.15, -0.1) is 0 Å². The van der Waals surface area contributed by atoms with Crippen molar-refractivity contribution in [3.8, 4) is 0 Å². The van der Waals surface area contributed by atoms with Gasteiger partial charge in [0.2, 0.25) is 0 Å². The Balaban J connectivity index is 2.05. The van der Waals surface area contributed by atoms with Crippen molar-refractivity contribution in [2.24, 2.45) is 11.8 Å². The van der Waals surface area contributed by atoms with Crippen molar-refractivity contribution in [3.63, 3.8) is 0 Å². The number of carbonyl (C=O) groups is 1. The number of hydrogen-bond donors (Lipinski definition) is 1. The van der Waals surface area contributed by atoms with Gasteiger partial charge in [0.25, 0.3) is 0 Å². The highest BCUT2D eigenvalue weighted by molar-refractivity contribution is 9.10. The van der Waals surface area contributed by atoms with E-state index in [1.807, 2.05) is 31.2 Å². The molecule has 3 rings (SSSR count). The molecule has 2 atom stereocenters. The third kappa shape index (κ3) is 4.22. The summed E-state index contributed by atoms with van der Waals surface area (Å²) >= 11 is 9.75. The van der Waals surface area contributed by atoms with Gasteiger partial charge in [0.15, 0.2) is 0 Å². The molecule has 1 aromatic heterocycles. The Morgan fingerprint density at radius 3 is 2.48 bits per heavy atom. The van der Waals surface area contributed by atoms with Gasteiger partial charge in [-0.3, -0.25) is 4.79 Å². The molecular formula is C22H23BrClNO2. The Morgan fingerprint density at radius 2 is 1.85 bits per heavy atom. The average Bonchev–Trinajstić information content (AvgIpc) is 2.87. The molecule has 5 heteroatoms. The molecule has 142 valence electrons. The molecule has 0 aliphatic rings. The van der Waals surface area contributed by atoms with Crippen molar-refractivity contribution in [2.75, 3.05) is 0 Å². The second-order valence-corrected chi connectivity index (χ2v) is 8.60. The maximum atomic E-state index is 11.4. The first-order valence-electron chi connectivity index (χ1n) is 9.02. The number of fused-ring (bicyclic) bond motifs is 1. The largest absolute Gasteiger partial charge is 0.481 e. The lowest BCUT2D eigenvalue weighted by molar-refractivity contribution is -0.142. The van der Waals surface area contributed by atoms with Gasteiger partial charge in [-0.1, -0.05) is 53.5 Å². The number of hydrogen-bond acceptors (Lipinski definition) is 1. The Morgan fingerprint density at radius 1 is 1.19 bits per heavy atom. The Kier molecular flexibility index (Phi) is 5.97. The van der Waals surface area contributed by atoms with Crippen LogP contribution in [-0.2, 0) is 17.8 Å². The monoisotopic (exact) mass is 447 g/mol. The van der Waals surface area contributed by atoms with Crippen LogP contribution >= 0.6 is 27.5 Å². The molecule has 0 fully saturated rings. The number of carboxylic acids is 1. The molecule has 0 bridgehead atoms. The van der Waals surface area contributed by atoms with Gasteiger partial charge in [-0.25, -0.2) is 0 Å². The maximum Gasteiger partial charge on any atom is 0.306 e. The molecular weight excluding hydrogens is 426 g/mol. The highest BCUT2D eigenvalue weighted by Gasteiger charge is 2.23. The SMILES string of the molecule is Cc1c(C[C@@H](C)[C@@H](C)C(=O)O)c2cc(Cl)ccc2n1Cc1ccc(Br)cc1. The van der Waals surface area contributed by atoms with E-state index in [2.05, 4.69) is 45.6 Å². The molecule has 0 saturated carbocycles. The molecule has 1 N–H and O–H groups in total. The summed E-state index contributed by atoms with van der Waals surface area (Å²) in [6.07, 6.45) is 0.712. The summed E-state index contributed by atoms with van der Waals surface area (Å²) in [5, 5.41) is 11.2. The van der Waals surface area contributed by atoms with Crippen molar-refractivity contribution in [3.05, 3.63) is 68.8 Å². The summed E-state index contributed by atoms with van der Waals surface area (Å²) in [4.78, 5) is 11.4.